The number of carbonyl (C=O) groups excluding carboxylic acids is 2. The SMILES string of the molecule is CCCCNC(=O)[C@H](C)N(Cc1ccc(OC)cc1)C(=O)CN(c1cc(OC)ccc1OC)S(=O)(=O)c1ccc(OC)c(OC)c1. The fourth-order valence-corrected chi connectivity index (χ4v) is 6.09. The number of benzene rings is 3. The molecule has 0 unspecified atom stereocenters. The zero-order chi connectivity index (χ0) is 33.9. The highest BCUT2D eigenvalue weighted by atomic mass is 32.2. The molecule has 3 rings (SSSR count). The summed E-state index contributed by atoms with van der Waals surface area (Å²) in [6.07, 6.45) is 1.66. The van der Waals surface area contributed by atoms with Crippen molar-refractivity contribution in [1.82, 2.24) is 10.2 Å². The van der Waals surface area contributed by atoms with Crippen molar-refractivity contribution in [2.45, 2.75) is 44.2 Å². The van der Waals surface area contributed by atoms with E-state index in [9.17, 15) is 18.0 Å². The number of sulfonamides is 1. The van der Waals surface area contributed by atoms with Crippen LogP contribution in [0.2, 0.25) is 0 Å². The molecule has 0 aromatic heterocycles. The average Bonchev–Trinajstić information content (AvgIpc) is 3.08. The van der Waals surface area contributed by atoms with E-state index in [2.05, 4.69) is 5.32 Å². The zero-order valence-corrected chi connectivity index (χ0v) is 28.2. The Morgan fingerprint density at radius 2 is 1.39 bits per heavy atom. The summed E-state index contributed by atoms with van der Waals surface area (Å²) in [4.78, 5) is 28.7. The number of rotatable bonds is 17. The van der Waals surface area contributed by atoms with Crippen molar-refractivity contribution in [3.8, 4) is 28.7 Å². The molecule has 2 amide bonds. The minimum atomic E-state index is -4.45. The summed E-state index contributed by atoms with van der Waals surface area (Å²) in [6, 6.07) is 14.9. The second-order valence-electron chi connectivity index (χ2n) is 10.3. The van der Waals surface area contributed by atoms with Crippen LogP contribution in [-0.2, 0) is 26.2 Å². The molecule has 1 atom stereocenters. The molecule has 3 aromatic rings. The van der Waals surface area contributed by atoms with Crippen molar-refractivity contribution in [2.75, 3.05) is 52.9 Å². The molecule has 12 nitrogen and oxygen atoms in total. The van der Waals surface area contributed by atoms with E-state index < -0.39 is 28.5 Å². The van der Waals surface area contributed by atoms with E-state index in [0.29, 0.717) is 23.8 Å². The van der Waals surface area contributed by atoms with Gasteiger partial charge in [0.2, 0.25) is 11.8 Å². The summed E-state index contributed by atoms with van der Waals surface area (Å²) >= 11 is 0. The molecular weight excluding hydrogens is 614 g/mol. The summed E-state index contributed by atoms with van der Waals surface area (Å²) < 4.78 is 56.6. The van der Waals surface area contributed by atoms with Crippen molar-refractivity contribution in [3.63, 3.8) is 0 Å². The summed E-state index contributed by atoms with van der Waals surface area (Å²) in [5.41, 5.74) is 0.782. The number of ether oxygens (including phenoxy) is 5. The third-order valence-electron chi connectivity index (χ3n) is 7.39. The maximum absolute atomic E-state index is 14.4. The normalized spacial score (nSPS) is 11.6. The van der Waals surface area contributed by atoms with E-state index in [1.54, 1.807) is 50.4 Å². The lowest BCUT2D eigenvalue weighted by Crippen LogP contribution is -2.51. The topological polar surface area (TPSA) is 133 Å². The average molecular weight is 658 g/mol. The molecule has 0 saturated carbocycles. The highest BCUT2D eigenvalue weighted by Gasteiger charge is 2.34. The number of carbonyl (C=O) groups is 2. The lowest BCUT2D eigenvalue weighted by molar-refractivity contribution is -0.139. The zero-order valence-electron chi connectivity index (χ0n) is 27.4. The van der Waals surface area contributed by atoms with Crippen LogP contribution in [0.1, 0.15) is 32.3 Å². The van der Waals surface area contributed by atoms with Gasteiger partial charge >= 0.3 is 0 Å². The smallest absolute Gasteiger partial charge is 0.265 e. The first-order valence-electron chi connectivity index (χ1n) is 14.7. The van der Waals surface area contributed by atoms with Gasteiger partial charge in [0.1, 0.15) is 29.8 Å². The van der Waals surface area contributed by atoms with Gasteiger partial charge in [0.05, 0.1) is 46.1 Å². The second-order valence-corrected chi connectivity index (χ2v) is 12.1. The van der Waals surface area contributed by atoms with Crippen molar-refractivity contribution in [3.05, 3.63) is 66.2 Å². The van der Waals surface area contributed by atoms with Gasteiger partial charge in [0.25, 0.3) is 10.0 Å². The van der Waals surface area contributed by atoms with Crippen LogP contribution in [-0.4, -0.2) is 79.8 Å². The maximum Gasteiger partial charge on any atom is 0.265 e. The predicted molar refractivity (Wildman–Crippen MR) is 175 cm³/mol. The quantitative estimate of drug-likeness (QED) is 0.212. The number of amides is 2. The Labute approximate surface area is 271 Å². The first kappa shape index (κ1) is 35.8. The molecule has 3 aromatic carbocycles. The minimum Gasteiger partial charge on any atom is -0.497 e. The van der Waals surface area contributed by atoms with E-state index in [-0.39, 0.29) is 34.5 Å². The Morgan fingerprint density at radius 1 is 0.783 bits per heavy atom. The number of hydrogen-bond acceptors (Lipinski definition) is 9. The Bertz CT molecular complexity index is 1580. The van der Waals surface area contributed by atoms with Gasteiger partial charge in [-0.15, -0.1) is 0 Å². The van der Waals surface area contributed by atoms with Crippen LogP contribution in [0.25, 0.3) is 0 Å². The third kappa shape index (κ3) is 8.53. The van der Waals surface area contributed by atoms with Gasteiger partial charge in [0.15, 0.2) is 11.5 Å². The molecular formula is C33H43N3O9S. The Kier molecular flexibility index (Phi) is 12.9. The van der Waals surface area contributed by atoms with Gasteiger partial charge in [-0.3, -0.25) is 13.9 Å². The minimum absolute atomic E-state index is 0.0324. The monoisotopic (exact) mass is 657 g/mol. The van der Waals surface area contributed by atoms with E-state index in [0.717, 1.165) is 22.7 Å². The van der Waals surface area contributed by atoms with Gasteiger partial charge in [-0.1, -0.05) is 25.5 Å². The Hall–Kier alpha value is -4.65. The predicted octanol–water partition coefficient (Wildman–Crippen LogP) is 4.26. The van der Waals surface area contributed by atoms with Gasteiger partial charge in [0, 0.05) is 25.2 Å². The molecule has 0 aliphatic heterocycles. The second kappa shape index (κ2) is 16.6. The number of methoxy groups -OCH3 is 5. The lowest BCUT2D eigenvalue weighted by Gasteiger charge is -2.32. The molecule has 13 heteroatoms. The number of nitrogens with zero attached hydrogens (tertiary/aromatic N) is 2. The molecule has 0 aliphatic carbocycles. The van der Waals surface area contributed by atoms with Gasteiger partial charge in [-0.05, 0) is 55.3 Å². The molecule has 0 heterocycles. The highest BCUT2D eigenvalue weighted by molar-refractivity contribution is 7.92. The summed E-state index contributed by atoms with van der Waals surface area (Å²) in [5, 5.41) is 2.87. The summed E-state index contributed by atoms with van der Waals surface area (Å²) in [5.74, 6) is 0.692. The van der Waals surface area contributed by atoms with Crippen molar-refractivity contribution >= 4 is 27.5 Å². The van der Waals surface area contributed by atoms with Crippen molar-refractivity contribution in [2.24, 2.45) is 0 Å². The number of anilines is 1. The van der Waals surface area contributed by atoms with Crippen LogP contribution in [0.4, 0.5) is 5.69 Å². The molecule has 250 valence electrons. The van der Waals surface area contributed by atoms with Crippen LogP contribution in [0.5, 0.6) is 28.7 Å². The number of hydrogen-bond donors (Lipinski definition) is 1. The van der Waals surface area contributed by atoms with Gasteiger partial charge in [-0.25, -0.2) is 8.42 Å². The first-order chi connectivity index (χ1) is 22.0. The maximum atomic E-state index is 14.4. The van der Waals surface area contributed by atoms with E-state index in [1.165, 1.54) is 57.6 Å². The molecule has 0 bridgehead atoms. The molecule has 0 aliphatic rings. The van der Waals surface area contributed by atoms with Crippen LogP contribution < -0.4 is 33.3 Å². The first-order valence-corrected chi connectivity index (χ1v) is 16.1. The van der Waals surface area contributed by atoms with E-state index in [1.807, 2.05) is 6.92 Å². The lowest BCUT2D eigenvalue weighted by atomic mass is 10.1. The summed E-state index contributed by atoms with van der Waals surface area (Å²) in [6.45, 7) is 3.44. The van der Waals surface area contributed by atoms with Gasteiger partial charge < -0.3 is 33.9 Å². The van der Waals surface area contributed by atoms with Crippen molar-refractivity contribution in [1.29, 1.82) is 0 Å². The molecule has 1 N–H and O–H groups in total. The molecule has 0 saturated heterocycles. The fraction of sp³-hybridized carbons (Fsp3) is 0.394. The Morgan fingerprint density at radius 3 is 1.98 bits per heavy atom. The number of unbranched alkanes of at least 4 members (excludes halogenated alkanes) is 1. The largest absolute Gasteiger partial charge is 0.497 e. The third-order valence-corrected chi connectivity index (χ3v) is 9.14. The van der Waals surface area contributed by atoms with Crippen molar-refractivity contribution < 1.29 is 41.7 Å². The molecule has 0 fully saturated rings. The van der Waals surface area contributed by atoms with Gasteiger partial charge in [-0.2, -0.15) is 0 Å². The molecule has 0 spiro atoms. The van der Waals surface area contributed by atoms with E-state index in [4.69, 9.17) is 23.7 Å². The van der Waals surface area contributed by atoms with Crippen LogP contribution in [0, 0.1) is 0 Å². The Balaban J connectivity index is 2.14. The summed E-state index contributed by atoms with van der Waals surface area (Å²) in [7, 11) is 2.78. The highest BCUT2D eigenvalue weighted by Crippen LogP contribution is 2.37. The standard InChI is InChI=1S/C33H43N3O9S/c1-8-9-18-34-33(38)23(2)35(21-24-10-12-25(41-3)13-11-24)32(37)22-36(28-19-26(42-4)14-16-29(28)43-5)46(39,40)27-15-17-30(44-6)31(20-27)45-7/h10-17,19-20,23H,8-9,18,21-22H2,1-7H3,(H,34,38)/t23-/m0/s1. The molecule has 0 radical (unpaired) electrons. The van der Waals surface area contributed by atoms with Crippen LogP contribution in [0.15, 0.2) is 65.6 Å². The fourth-order valence-electron chi connectivity index (χ4n) is 4.66. The van der Waals surface area contributed by atoms with Crippen LogP contribution in [0.3, 0.4) is 0 Å². The molecule has 46 heavy (non-hydrogen) atoms. The van der Waals surface area contributed by atoms with Crippen LogP contribution >= 0.6 is 0 Å². The van der Waals surface area contributed by atoms with E-state index >= 15 is 0 Å². The number of nitrogens with one attached hydrogen (secondary N) is 1.